The van der Waals surface area contributed by atoms with Crippen LogP contribution in [0.1, 0.15) is 37.3 Å². The molecule has 0 bridgehead atoms. The first-order valence-electron chi connectivity index (χ1n) is 6.60. The number of methoxy groups -OCH3 is 1. The van der Waals surface area contributed by atoms with E-state index < -0.39 is 0 Å². The smallest absolute Gasteiger partial charge is 0.311 e. The molecule has 1 rings (SSSR count). The van der Waals surface area contributed by atoms with Crippen LogP contribution in [-0.4, -0.2) is 36.1 Å². The van der Waals surface area contributed by atoms with Crippen molar-refractivity contribution in [3.63, 3.8) is 0 Å². The van der Waals surface area contributed by atoms with Crippen LogP contribution in [0, 0.1) is 0 Å². The van der Waals surface area contributed by atoms with Crippen molar-refractivity contribution in [2.45, 2.75) is 39.7 Å². The first-order chi connectivity index (χ1) is 9.10. The van der Waals surface area contributed by atoms with E-state index in [1.807, 2.05) is 0 Å². The highest BCUT2D eigenvalue weighted by Gasteiger charge is 2.14. The SMILES string of the molecule is CCCCN(CC)Cc1sc(=O)[nH]c1CC(=O)OC. The number of rotatable bonds is 8. The minimum absolute atomic E-state index is 0.111. The number of nitrogens with one attached hydrogen (secondary N) is 1. The summed E-state index contributed by atoms with van der Waals surface area (Å²) in [4.78, 5) is 28.6. The fourth-order valence-electron chi connectivity index (χ4n) is 1.81. The molecule has 1 aromatic rings. The van der Waals surface area contributed by atoms with Crippen molar-refractivity contribution in [3.8, 4) is 0 Å². The second-order valence-corrected chi connectivity index (χ2v) is 5.46. The highest BCUT2D eigenvalue weighted by molar-refractivity contribution is 7.09. The second kappa shape index (κ2) is 8.12. The van der Waals surface area contributed by atoms with Crippen LogP contribution in [0.5, 0.6) is 0 Å². The predicted octanol–water partition coefficient (Wildman–Crippen LogP) is 1.77. The van der Waals surface area contributed by atoms with E-state index in [0.29, 0.717) is 12.2 Å². The summed E-state index contributed by atoms with van der Waals surface area (Å²) >= 11 is 1.18. The fraction of sp³-hybridized carbons (Fsp3) is 0.692. The third kappa shape index (κ3) is 5.16. The van der Waals surface area contributed by atoms with E-state index >= 15 is 0 Å². The summed E-state index contributed by atoms with van der Waals surface area (Å²) in [7, 11) is 1.35. The summed E-state index contributed by atoms with van der Waals surface area (Å²) in [6.07, 6.45) is 2.42. The van der Waals surface area contributed by atoms with Crippen LogP contribution in [0.25, 0.3) is 0 Å². The van der Waals surface area contributed by atoms with E-state index in [9.17, 15) is 9.59 Å². The van der Waals surface area contributed by atoms with Gasteiger partial charge in [-0.3, -0.25) is 14.5 Å². The molecule has 0 spiro atoms. The summed E-state index contributed by atoms with van der Waals surface area (Å²) < 4.78 is 4.64. The van der Waals surface area contributed by atoms with E-state index in [0.717, 1.165) is 30.8 Å². The van der Waals surface area contributed by atoms with Gasteiger partial charge in [0, 0.05) is 17.1 Å². The maximum atomic E-state index is 11.5. The van der Waals surface area contributed by atoms with E-state index in [1.165, 1.54) is 18.4 Å². The van der Waals surface area contributed by atoms with Gasteiger partial charge < -0.3 is 9.72 Å². The first-order valence-corrected chi connectivity index (χ1v) is 7.42. The number of hydrogen-bond donors (Lipinski definition) is 1. The zero-order chi connectivity index (χ0) is 14.3. The Morgan fingerprint density at radius 3 is 2.74 bits per heavy atom. The maximum Gasteiger partial charge on any atom is 0.311 e. The average molecular weight is 286 g/mol. The number of esters is 1. The molecule has 1 N–H and O–H groups in total. The second-order valence-electron chi connectivity index (χ2n) is 4.39. The topological polar surface area (TPSA) is 62.4 Å². The number of thiazole rings is 1. The Morgan fingerprint density at radius 2 is 2.16 bits per heavy atom. The van der Waals surface area contributed by atoms with Gasteiger partial charge in [0.1, 0.15) is 0 Å². The van der Waals surface area contributed by atoms with E-state index in [2.05, 4.69) is 28.5 Å². The molecule has 1 heterocycles. The Kier molecular flexibility index (Phi) is 6.80. The number of unbranched alkanes of at least 4 members (excludes halogenated alkanes) is 1. The number of carbonyl (C=O) groups is 1. The van der Waals surface area contributed by atoms with Gasteiger partial charge in [-0.1, -0.05) is 31.6 Å². The molecule has 5 nitrogen and oxygen atoms in total. The molecule has 0 aromatic carbocycles. The third-order valence-electron chi connectivity index (χ3n) is 3.00. The van der Waals surface area contributed by atoms with Crippen molar-refractivity contribution in [1.82, 2.24) is 9.88 Å². The Labute approximate surface area is 117 Å². The molecule has 0 amide bonds. The lowest BCUT2D eigenvalue weighted by atomic mass is 10.2. The van der Waals surface area contributed by atoms with Crippen molar-refractivity contribution in [3.05, 3.63) is 20.2 Å². The van der Waals surface area contributed by atoms with Crippen LogP contribution >= 0.6 is 11.3 Å². The molecule has 0 atom stereocenters. The van der Waals surface area contributed by atoms with E-state index in [4.69, 9.17) is 0 Å². The molecule has 0 saturated carbocycles. The molecule has 0 aliphatic heterocycles. The Bertz CT molecular complexity index is 453. The van der Waals surface area contributed by atoms with Gasteiger partial charge in [-0.15, -0.1) is 0 Å². The molecular weight excluding hydrogens is 264 g/mol. The minimum atomic E-state index is -0.327. The van der Waals surface area contributed by atoms with Crippen molar-refractivity contribution in [2.75, 3.05) is 20.2 Å². The summed E-state index contributed by atoms with van der Waals surface area (Å²) in [5.41, 5.74) is 0.691. The molecule has 1 aromatic heterocycles. The molecule has 0 unspecified atom stereocenters. The van der Waals surface area contributed by atoms with E-state index in [-0.39, 0.29) is 17.3 Å². The highest BCUT2D eigenvalue weighted by atomic mass is 32.1. The van der Waals surface area contributed by atoms with Crippen LogP contribution in [0.3, 0.4) is 0 Å². The maximum absolute atomic E-state index is 11.5. The van der Waals surface area contributed by atoms with Crippen LogP contribution in [0.4, 0.5) is 0 Å². The molecular formula is C13H22N2O3S. The lowest BCUT2D eigenvalue weighted by Gasteiger charge is -2.19. The number of aromatic nitrogens is 1. The quantitative estimate of drug-likeness (QED) is 0.740. The van der Waals surface area contributed by atoms with Gasteiger partial charge in [-0.25, -0.2) is 0 Å². The molecule has 0 radical (unpaired) electrons. The van der Waals surface area contributed by atoms with Crippen LogP contribution in [0.15, 0.2) is 4.79 Å². The van der Waals surface area contributed by atoms with Crippen molar-refractivity contribution >= 4 is 17.3 Å². The number of aromatic amines is 1. The molecule has 0 saturated heterocycles. The van der Waals surface area contributed by atoms with Crippen molar-refractivity contribution in [2.24, 2.45) is 0 Å². The Hall–Kier alpha value is -1.14. The van der Waals surface area contributed by atoms with Gasteiger partial charge >= 0.3 is 10.8 Å². The number of hydrogen-bond acceptors (Lipinski definition) is 5. The average Bonchev–Trinajstić information content (AvgIpc) is 2.74. The molecule has 0 aliphatic rings. The Balaban J connectivity index is 2.75. The summed E-state index contributed by atoms with van der Waals surface area (Å²) in [6, 6.07) is 0. The molecule has 6 heteroatoms. The van der Waals surface area contributed by atoms with Gasteiger partial charge in [0.25, 0.3) is 0 Å². The largest absolute Gasteiger partial charge is 0.469 e. The lowest BCUT2D eigenvalue weighted by Crippen LogP contribution is -2.24. The number of H-pyrrole nitrogens is 1. The normalized spacial score (nSPS) is 10.9. The number of ether oxygens (including phenoxy) is 1. The van der Waals surface area contributed by atoms with Gasteiger partial charge in [0.2, 0.25) is 0 Å². The predicted molar refractivity (Wildman–Crippen MR) is 76.5 cm³/mol. The molecule has 108 valence electrons. The third-order valence-corrected chi connectivity index (χ3v) is 3.91. The fourth-order valence-corrected chi connectivity index (χ4v) is 2.70. The van der Waals surface area contributed by atoms with Crippen LogP contribution in [0.2, 0.25) is 0 Å². The summed E-state index contributed by atoms with van der Waals surface area (Å²) in [5.74, 6) is -0.327. The molecule has 19 heavy (non-hydrogen) atoms. The first kappa shape index (κ1) is 15.9. The summed E-state index contributed by atoms with van der Waals surface area (Å²) in [6.45, 7) is 6.92. The van der Waals surface area contributed by atoms with Gasteiger partial charge in [-0.05, 0) is 19.5 Å². The van der Waals surface area contributed by atoms with Gasteiger partial charge in [0.15, 0.2) is 0 Å². The minimum Gasteiger partial charge on any atom is -0.469 e. The van der Waals surface area contributed by atoms with Gasteiger partial charge in [0.05, 0.1) is 13.5 Å². The number of carbonyl (C=O) groups excluding carboxylic acids is 1. The molecule has 0 aliphatic carbocycles. The monoisotopic (exact) mass is 286 g/mol. The van der Waals surface area contributed by atoms with Crippen molar-refractivity contribution in [1.29, 1.82) is 0 Å². The summed E-state index contributed by atoms with van der Waals surface area (Å²) in [5, 5.41) is 0. The Morgan fingerprint density at radius 1 is 1.42 bits per heavy atom. The standard InChI is InChI=1S/C13H22N2O3S/c1-4-6-7-15(5-2)9-11-10(8-12(16)18-3)14-13(17)19-11/h4-9H2,1-3H3,(H,14,17). The lowest BCUT2D eigenvalue weighted by molar-refractivity contribution is -0.139. The zero-order valence-electron chi connectivity index (χ0n) is 11.8. The van der Waals surface area contributed by atoms with Gasteiger partial charge in [-0.2, -0.15) is 0 Å². The molecule has 0 fully saturated rings. The zero-order valence-corrected chi connectivity index (χ0v) is 12.6. The van der Waals surface area contributed by atoms with Crippen molar-refractivity contribution < 1.29 is 9.53 Å². The highest BCUT2D eigenvalue weighted by Crippen LogP contribution is 2.14. The number of nitrogens with zero attached hydrogens (tertiary/aromatic N) is 1. The van der Waals surface area contributed by atoms with Crippen LogP contribution < -0.4 is 4.87 Å². The van der Waals surface area contributed by atoms with E-state index in [1.54, 1.807) is 0 Å². The van der Waals surface area contributed by atoms with Crippen LogP contribution in [-0.2, 0) is 22.5 Å².